The second-order valence-electron chi connectivity index (χ2n) is 23.2. The number of carbonyl (C=O) groups excluding carboxylic acids is 2. The summed E-state index contributed by atoms with van der Waals surface area (Å²) in [6.07, 6.45) is 79.5. The average Bonchev–Trinajstić information content (AvgIpc) is 3.40. The quantitative estimate of drug-likeness (QED) is 0.0320. The Morgan fingerprint density at radius 1 is 0.365 bits per heavy atom. The maximum Gasteiger partial charge on any atom is 0.305 e. The summed E-state index contributed by atoms with van der Waals surface area (Å²) in [6, 6.07) is -0.635. The summed E-state index contributed by atoms with van der Waals surface area (Å²) in [5.41, 5.74) is 0. The topological polar surface area (TPSA) is 95.9 Å². The molecule has 6 heteroatoms. The molecule has 3 N–H and O–H groups in total. The van der Waals surface area contributed by atoms with Gasteiger partial charge >= 0.3 is 5.97 Å². The molecular formula is C68H131NO5. The van der Waals surface area contributed by atoms with Crippen LogP contribution in [0.15, 0.2) is 24.3 Å². The first-order valence-corrected chi connectivity index (χ1v) is 33.6. The van der Waals surface area contributed by atoms with Gasteiger partial charge in [0, 0.05) is 12.8 Å². The molecule has 0 aliphatic carbocycles. The Balaban J connectivity index is 3.43. The third-order valence-electron chi connectivity index (χ3n) is 15.7. The molecule has 0 saturated heterocycles. The van der Waals surface area contributed by atoms with E-state index in [0.717, 1.165) is 44.9 Å². The molecule has 1 amide bonds. The number of esters is 1. The number of aliphatic hydroxyl groups is 2. The zero-order valence-electron chi connectivity index (χ0n) is 50.1. The van der Waals surface area contributed by atoms with Crippen LogP contribution >= 0.6 is 0 Å². The van der Waals surface area contributed by atoms with Gasteiger partial charge in [-0.1, -0.05) is 327 Å². The van der Waals surface area contributed by atoms with Crippen molar-refractivity contribution in [2.75, 3.05) is 13.2 Å². The number of unbranched alkanes of at least 4 members (excludes halogenated alkanes) is 50. The fourth-order valence-corrected chi connectivity index (χ4v) is 10.6. The highest BCUT2D eigenvalue weighted by molar-refractivity contribution is 5.76. The highest BCUT2D eigenvalue weighted by atomic mass is 16.5. The van der Waals surface area contributed by atoms with E-state index in [-0.39, 0.29) is 18.5 Å². The molecule has 0 rings (SSSR count). The summed E-state index contributed by atoms with van der Waals surface area (Å²) in [5, 5.41) is 23.2. The standard InChI is InChI=1S/C68H131NO5/c1-3-5-7-9-11-13-15-17-19-21-25-30-34-38-42-46-50-54-58-62-68(73)74-63-59-55-51-47-43-39-35-31-27-24-23-26-29-33-37-41-45-49-53-57-61-67(72)69-65(64-70)66(71)60-56-52-48-44-40-36-32-28-22-20-18-16-14-12-10-8-6-4-2/h23,26,56,60,65-66,70-71H,3-22,24-25,27-55,57-59,61-64H2,1-2H3,(H,69,72)/b26-23-,60-56+. The Labute approximate surface area is 462 Å². The Kier molecular flexibility index (Phi) is 62.4. The Morgan fingerprint density at radius 2 is 0.635 bits per heavy atom. The number of hydrogen-bond donors (Lipinski definition) is 3. The number of ether oxygens (including phenoxy) is 1. The summed E-state index contributed by atoms with van der Waals surface area (Å²) >= 11 is 0. The monoisotopic (exact) mass is 1040 g/mol. The van der Waals surface area contributed by atoms with Crippen molar-refractivity contribution in [3.05, 3.63) is 24.3 Å². The number of rotatable bonds is 63. The minimum absolute atomic E-state index is 0.0110. The molecule has 0 aliphatic rings. The van der Waals surface area contributed by atoms with E-state index in [4.69, 9.17) is 4.74 Å². The highest BCUT2D eigenvalue weighted by Crippen LogP contribution is 2.18. The summed E-state index contributed by atoms with van der Waals surface area (Å²) < 4.78 is 5.50. The first kappa shape index (κ1) is 72.3. The van der Waals surface area contributed by atoms with Gasteiger partial charge in [0.15, 0.2) is 0 Å². The predicted molar refractivity (Wildman–Crippen MR) is 324 cm³/mol. The minimum atomic E-state index is -0.850. The van der Waals surface area contributed by atoms with Gasteiger partial charge in [-0.3, -0.25) is 9.59 Å². The van der Waals surface area contributed by atoms with Crippen molar-refractivity contribution in [3.63, 3.8) is 0 Å². The van der Waals surface area contributed by atoms with Crippen LogP contribution in [0.1, 0.15) is 373 Å². The maximum atomic E-state index is 12.5. The van der Waals surface area contributed by atoms with Crippen LogP contribution in [0.3, 0.4) is 0 Å². The van der Waals surface area contributed by atoms with Gasteiger partial charge in [0.1, 0.15) is 0 Å². The Morgan fingerprint density at radius 3 is 0.959 bits per heavy atom. The fourth-order valence-electron chi connectivity index (χ4n) is 10.6. The normalized spacial score (nSPS) is 12.6. The van der Waals surface area contributed by atoms with Gasteiger partial charge < -0.3 is 20.3 Å². The Bertz CT molecular complexity index is 1150. The number of allylic oxidation sites excluding steroid dienone is 3. The van der Waals surface area contributed by atoms with Gasteiger partial charge in [-0.2, -0.15) is 0 Å². The van der Waals surface area contributed by atoms with E-state index in [0.29, 0.717) is 19.4 Å². The molecule has 0 aliphatic heterocycles. The van der Waals surface area contributed by atoms with Crippen LogP contribution in [0.2, 0.25) is 0 Å². The van der Waals surface area contributed by atoms with Crippen molar-refractivity contribution >= 4 is 11.9 Å². The van der Waals surface area contributed by atoms with Gasteiger partial charge in [-0.05, 0) is 57.8 Å². The van der Waals surface area contributed by atoms with E-state index in [1.807, 2.05) is 6.08 Å². The molecule has 0 saturated carbocycles. The van der Waals surface area contributed by atoms with Gasteiger partial charge in [0.05, 0.1) is 25.4 Å². The maximum absolute atomic E-state index is 12.5. The number of amides is 1. The van der Waals surface area contributed by atoms with E-state index >= 15 is 0 Å². The molecule has 74 heavy (non-hydrogen) atoms. The van der Waals surface area contributed by atoms with Crippen LogP contribution in [-0.2, 0) is 14.3 Å². The zero-order chi connectivity index (χ0) is 53.6. The van der Waals surface area contributed by atoms with Crippen LogP contribution in [0.25, 0.3) is 0 Å². The zero-order valence-corrected chi connectivity index (χ0v) is 50.1. The molecule has 0 fully saturated rings. The van der Waals surface area contributed by atoms with Crippen LogP contribution in [0.4, 0.5) is 0 Å². The van der Waals surface area contributed by atoms with Crippen LogP contribution in [0, 0.1) is 0 Å². The molecule has 0 spiro atoms. The molecule has 0 aromatic carbocycles. The highest BCUT2D eigenvalue weighted by Gasteiger charge is 2.18. The van der Waals surface area contributed by atoms with Crippen LogP contribution in [-0.4, -0.2) is 47.4 Å². The number of hydrogen-bond acceptors (Lipinski definition) is 5. The molecule has 0 aromatic heterocycles. The fraction of sp³-hybridized carbons (Fsp3) is 0.912. The average molecular weight is 1040 g/mol. The Hall–Kier alpha value is -1.66. The lowest BCUT2D eigenvalue weighted by atomic mass is 10.0. The van der Waals surface area contributed by atoms with E-state index in [1.165, 1.54) is 302 Å². The van der Waals surface area contributed by atoms with Crippen LogP contribution in [0.5, 0.6) is 0 Å². The first-order valence-electron chi connectivity index (χ1n) is 33.6. The number of aliphatic hydroxyl groups excluding tert-OH is 2. The minimum Gasteiger partial charge on any atom is -0.466 e. The number of carbonyl (C=O) groups is 2. The van der Waals surface area contributed by atoms with E-state index < -0.39 is 12.1 Å². The van der Waals surface area contributed by atoms with E-state index in [1.54, 1.807) is 6.08 Å². The van der Waals surface area contributed by atoms with E-state index in [9.17, 15) is 19.8 Å². The van der Waals surface area contributed by atoms with Crippen molar-refractivity contribution in [2.45, 2.75) is 386 Å². The first-order chi connectivity index (χ1) is 36.5. The molecule has 2 atom stereocenters. The van der Waals surface area contributed by atoms with Crippen molar-refractivity contribution in [1.82, 2.24) is 5.32 Å². The smallest absolute Gasteiger partial charge is 0.305 e. The second-order valence-corrected chi connectivity index (χ2v) is 23.2. The van der Waals surface area contributed by atoms with Gasteiger partial charge in [0.2, 0.25) is 5.91 Å². The van der Waals surface area contributed by atoms with Crippen molar-refractivity contribution in [2.24, 2.45) is 0 Å². The molecular weight excluding hydrogens is 911 g/mol. The van der Waals surface area contributed by atoms with Crippen molar-refractivity contribution in [1.29, 1.82) is 0 Å². The van der Waals surface area contributed by atoms with Gasteiger partial charge in [-0.25, -0.2) is 0 Å². The third-order valence-corrected chi connectivity index (χ3v) is 15.7. The SMILES string of the molecule is CCCCCCCCCCCCCCCCCC/C=C/C(O)C(CO)NC(=O)CCCCCCCCC/C=C\CCCCCCCCCCCOC(=O)CCCCCCCCCCCCCCCCCCCCC. The summed E-state index contributed by atoms with van der Waals surface area (Å²) in [5.74, 6) is -0.0626. The third kappa shape index (κ3) is 59.6. The number of nitrogens with one attached hydrogen (secondary N) is 1. The predicted octanol–water partition coefficient (Wildman–Crippen LogP) is 21.4. The van der Waals surface area contributed by atoms with Gasteiger partial charge in [0.25, 0.3) is 0 Å². The summed E-state index contributed by atoms with van der Waals surface area (Å²) in [4.78, 5) is 24.6. The molecule has 0 bridgehead atoms. The molecule has 438 valence electrons. The lowest BCUT2D eigenvalue weighted by Gasteiger charge is -2.20. The summed E-state index contributed by atoms with van der Waals surface area (Å²) in [7, 11) is 0. The summed E-state index contributed by atoms with van der Waals surface area (Å²) in [6.45, 7) is 4.93. The molecule has 0 heterocycles. The lowest BCUT2D eigenvalue weighted by molar-refractivity contribution is -0.143. The van der Waals surface area contributed by atoms with Crippen molar-refractivity contribution in [3.8, 4) is 0 Å². The largest absolute Gasteiger partial charge is 0.466 e. The van der Waals surface area contributed by atoms with Crippen LogP contribution < -0.4 is 5.32 Å². The molecule has 0 aromatic rings. The molecule has 6 nitrogen and oxygen atoms in total. The second kappa shape index (κ2) is 63.9. The van der Waals surface area contributed by atoms with Crippen molar-refractivity contribution < 1.29 is 24.5 Å². The molecule has 2 unspecified atom stereocenters. The van der Waals surface area contributed by atoms with Gasteiger partial charge in [-0.15, -0.1) is 0 Å². The molecule has 0 radical (unpaired) electrons. The van der Waals surface area contributed by atoms with E-state index in [2.05, 4.69) is 31.3 Å². The lowest BCUT2D eigenvalue weighted by Crippen LogP contribution is -2.45.